The summed E-state index contributed by atoms with van der Waals surface area (Å²) >= 11 is 0. The second kappa shape index (κ2) is 12.6. The number of benzene rings is 1. The van der Waals surface area contributed by atoms with Crippen molar-refractivity contribution in [2.24, 2.45) is 5.41 Å². The largest absolute Gasteiger partial charge is 0.492 e. The predicted molar refractivity (Wildman–Crippen MR) is 160 cm³/mol. The first-order valence-corrected chi connectivity index (χ1v) is 17.6. The number of carbonyl (C=O) groups is 1. The number of carbonyl (C=O) groups excluding carboxylic acids is 1. The van der Waals surface area contributed by atoms with Crippen molar-refractivity contribution in [1.82, 2.24) is 15.0 Å². The van der Waals surface area contributed by atoms with Crippen LogP contribution in [0.15, 0.2) is 42.7 Å². The Labute approximate surface area is 247 Å². The molecule has 2 heterocycles. The molecule has 0 saturated carbocycles. The molecule has 1 aromatic carbocycles. The van der Waals surface area contributed by atoms with Crippen molar-refractivity contribution in [1.29, 1.82) is 0 Å². The molecule has 2 aromatic heterocycles. The Kier molecular flexibility index (Phi) is 9.99. The Morgan fingerprint density at radius 2 is 1.64 bits per heavy atom. The third-order valence-electron chi connectivity index (χ3n) is 6.36. The number of esters is 1. The van der Waals surface area contributed by atoms with Crippen molar-refractivity contribution in [3.05, 3.63) is 54.0 Å². The minimum Gasteiger partial charge on any atom is -0.492 e. The lowest BCUT2D eigenvalue weighted by Crippen LogP contribution is -2.37. The smallest absolute Gasteiger partial charge is 0.420 e. The lowest BCUT2D eigenvalue weighted by Gasteiger charge is -2.28. The van der Waals surface area contributed by atoms with Gasteiger partial charge in [0.1, 0.15) is 23.8 Å². The van der Waals surface area contributed by atoms with Gasteiger partial charge in [-0.1, -0.05) is 19.6 Å². The van der Waals surface area contributed by atoms with Crippen LogP contribution >= 0.6 is 0 Å². The number of rotatable bonds is 11. The molecule has 0 amide bonds. The summed E-state index contributed by atoms with van der Waals surface area (Å²) in [4.78, 5) is 24.0. The van der Waals surface area contributed by atoms with Crippen LogP contribution < -0.4 is 4.74 Å². The maximum atomic E-state index is 13.7. The highest BCUT2D eigenvalue weighted by molar-refractivity contribution is 6.76. The normalized spacial score (nSPS) is 13.6. The van der Waals surface area contributed by atoms with Crippen LogP contribution in [-0.4, -0.2) is 54.0 Å². The highest BCUT2D eigenvalue weighted by Crippen LogP contribution is 2.36. The number of aryl methyl sites for hydroxylation is 1. The average molecular weight is 606 g/mol. The van der Waals surface area contributed by atoms with Crippen molar-refractivity contribution >= 4 is 14.0 Å². The van der Waals surface area contributed by atoms with Crippen LogP contribution in [0.3, 0.4) is 0 Å². The molecule has 0 radical (unpaired) electrons. The molecule has 3 aromatic rings. The molecule has 230 valence electrons. The highest BCUT2D eigenvalue weighted by atomic mass is 28.3. The summed E-state index contributed by atoms with van der Waals surface area (Å²) in [6.45, 7) is 17.4. The molecule has 1 N–H and O–H groups in total. The minimum absolute atomic E-state index is 0.0370. The van der Waals surface area contributed by atoms with Crippen LogP contribution in [0.4, 0.5) is 13.2 Å². The number of hydrogen-bond acceptors (Lipinski definition) is 6. The number of alkyl halides is 3. The Bertz CT molecular complexity index is 1360. The number of hydrogen-bond donors (Lipinski definition) is 1. The fraction of sp³-hybridized carbons (Fsp3) is 0.516. The van der Waals surface area contributed by atoms with E-state index in [1.54, 1.807) is 32.2 Å². The Balaban J connectivity index is 1.70. The van der Waals surface area contributed by atoms with E-state index in [1.165, 1.54) is 6.20 Å². The lowest BCUT2D eigenvalue weighted by atomic mass is 9.94. The van der Waals surface area contributed by atoms with Gasteiger partial charge in [-0.05, 0) is 83.5 Å². The molecule has 3 rings (SSSR count). The van der Waals surface area contributed by atoms with Crippen LogP contribution in [0.25, 0.3) is 22.6 Å². The van der Waals surface area contributed by atoms with Crippen LogP contribution in [0.2, 0.25) is 25.7 Å². The number of pyridine rings is 1. The van der Waals surface area contributed by atoms with Crippen LogP contribution in [0.1, 0.15) is 52.0 Å². The maximum Gasteiger partial charge on any atom is 0.420 e. The molecule has 1 atom stereocenters. The summed E-state index contributed by atoms with van der Waals surface area (Å²) in [7, 11) is -1.55. The van der Waals surface area contributed by atoms with Gasteiger partial charge in [-0.25, -0.2) is 4.98 Å². The van der Waals surface area contributed by atoms with Gasteiger partial charge in [-0.15, -0.1) is 0 Å². The summed E-state index contributed by atoms with van der Waals surface area (Å²) in [5.41, 5.74) is 1.37. The molecule has 0 aliphatic carbocycles. The van der Waals surface area contributed by atoms with E-state index in [4.69, 9.17) is 14.2 Å². The monoisotopic (exact) mass is 605 g/mol. The number of halogens is 3. The zero-order valence-corrected chi connectivity index (χ0v) is 26.9. The van der Waals surface area contributed by atoms with Crippen LogP contribution in [-0.2, 0) is 14.3 Å². The molecular weight excluding hydrogens is 563 g/mol. The predicted octanol–water partition coefficient (Wildman–Crippen LogP) is 8.15. The van der Waals surface area contributed by atoms with E-state index >= 15 is 0 Å². The zero-order valence-electron chi connectivity index (χ0n) is 25.9. The number of nitrogens with zero attached hydrogens (tertiary/aromatic N) is 2. The van der Waals surface area contributed by atoms with Crippen LogP contribution in [0, 0.1) is 12.3 Å². The summed E-state index contributed by atoms with van der Waals surface area (Å²) < 4.78 is 58.0. The van der Waals surface area contributed by atoms with Crippen molar-refractivity contribution in [3.8, 4) is 28.4 Å². The summed E-state index contributed by atoms with van der Waals surface area (Å²) in [6.07, 6.45) is -3.90. The third-order valence-corrected chi connectivity index (χ3v) is 8.06. The lowest BCUT2D eigenvalue weighted by molar-refractivity contribution is -0.223. The minimum atomic E-state index is -4.56. The van der Waals surface area contributed by atoms with E-state index in [0.717, 1.165) is 11.1 Å². The van der Waals surface area contributed by atoms with Gasteiger partial charge in [0.05, 0.1) is 23.0 Å². The first-order valence-electron chi connectivity index (χ1n) is 13.9. The van der Waals surface area contributed by atoms with E-state index in [9.17, 15) is 18.0 Å². The molecule has 0 saturated heterocycles. The number of H-pyrrole nitrogens is 1. The van der Waals surface area contributed by atoms with Gasteiger partial charge in [0, 0.05) is 32.0 Å². The number of nitrogens with one attached hydrogen (secondary N) is 1. The molecule has 0 spiro atoms. The SMILES string of the molecule is Cc1cc(-c2ccc(-c3ncc(C(OCC[Si](C)(C)C)C(F)(F)F)[nH]3)cn2)ccc1OCC(C)(C)C(=O)OC(C)(C)C. The summed E-state index contributed by atoms with van der Waals surface area (Å²) in [5.74, 6) is 0.585. The quantitative estimate of drug-likeness (QED) is 0.175. The molecule has 11 heteroatoms. The maximum absolute atomic E-state index is 13.7. The molecule has 1 unspecified atom stereocenters. The van der Waals surface area contributed by atoms with Crippen molar-refractivity contribution in [2.45, 2.75) is 85.1 Å². The molecule has 0 fully saturated rings. The van der Waals surface area contributed by atoms with Gasteiger partial charge in [0.2, 0.25) is 0 Å². The fourth-order valence-electron chi connectivity index (χ4n) is 3.87. The van der Waals surface area contributed by atoms with E-state index in [1.807, 2.05) is 45.9 Å². The number of ether oxygens (including phenoxy) is 3. The molecule has 0 aliphatic rings. The first-order chi connectivity index (χ1) is 19.2. The van der Waals surface area contributed by atoms with E-state index < -0.39 is 31.4 Å². The summed E-state index contributed by atoms with van der Waals surface area (Å²) in [5, 5.41) is 0. The van der Waals surface area contributed by atoms with Gasteiger partial charge in [0.25, 0.3) is 0 Å². The third kappa shape index (κ3) is 9.42. The molecule has 42 heavy (non-hydrogen) atoms. The molecular formula is C31H42F3N3O4Si. The number of aromatic nitrogens is 3. The molecule has 0 aliphatic heterocycles. The Hall–Kier alpha value is -3.18. The van der Waals surface area contributed by atoms with Crippen LogP contribution in [0.5, 0.6) is 5.75 Å². The average Bonchev–Trinajstić information content (AvgIpc) is 3.33. The van der Waals surface area contributed by atoms with Crippen molar-refractivity contribution in [3.63, 3.8) is 0 Å². The van der Waals surface area contributed by atoms with Gasteiger partial charge in [-0.2, -0.15) is 13.2 Å². The summed E-state index contributed by atoms with van der Waals surface area (Å²) in [6, 6.07) is 9.77. The van der Waals surface area contributed by atoms with E-state index in [-0.39, 0.29) is 30.7 Å². The topological polar surface area (TPSA) is 86.3 Å². The van der Waals surface area contributed by atoms with E-state index in [2.05, 4.69) is 34.6 Å². The number of imidazole rings is 1. The van der Waals surface area contributed by atoms with Gasteiger partial charge >= 0.3 is 12.1 Å². The van der Waals surface area contributed by atoms with Gasteiger partial charge in [0.15, 0.2) is 6.10 Å². The fourth-order valence-corrected chi connectivity index (χ4v) is 4.60. The van der Waals surface area contributed by atoms with Gasteiger partial charge in [-0.3, -0.25) is 9.78 Å². The molecule has 7 nitrogen and oxygen atoms in total. The second-order valence-corrected chi connectivity index (χ2v) is 19.0. The Morgan fingerprint density at radius 3 is 2.19 bits per heavy atom. The second-order valence-electron chi connectivity index (χ2n) is 13.4. The highest BCUT2D eigenvalue weighted by Gasteiger charge is 2.43. The van der Waals surface area contributed by atoms with Crippen molar-refractivity contribution in [2.75, 3.05) is 13.2 Å². The van der Waals surface area contributed by atoms with Gasteiger partial charge < -0.3 is 19.2 Å². The zero-order chi connectivity index (χ0) is 31.5. The molecule has 0 bridgehead atoms. The number of aromatic amines is 1. The Morgan fingerprint density at radius 1 is 0.976 bits per heavy atom. The standard InChI is InChI=1S/C31H42F3N3O4Si/c1-20-16-21(11-13-25(20)40-19-30(5,6)28(38)41-29(2,3)4)23-12-10-22(17-35-23)27-36-18-24(37-27)26(31(32,33)34)39-14-15-42(7,8)9/h10-13,16-18,26H,14-15,19H2,1-9H3,(H,36,37). The van der Waals surface area contributed by atoms with Crippen molar-refractivity contribution < 1.29 is 32.2 Å². The first kappa shape index (κ1) is 33.3. The van der Waals surface area contributed by atoms with E-state index in [0.29, 0.717) is 23.1 Å².